The van der Waals surface area contributed by atoms with Crippen LogP contribution in [0.5, 0.6) is 0 Å². The van der Waals surface area contributed by atoms with Gasteiger partial charge in [-0.2, -0.15) is 11.8 Å². The number of likely N-dealkylation sites (tertiary alicyclic amines) is 2. The second-order valence-electron chi connectivity index (χ2n) is 7.40. The number of piperidine rings is 1. The van der Waals surface area contributed by atoms with Crippen LogP contribution in [0.2, 0.25) is 0 Å². The van der Waals surface area contributed by atoms with Gasteiger partial charge in [0.05, 0.1) is 0 Å². The maximum absolute atomic E-state index is 13.9. The first-order valence-electron chi connectivity index (χ1n) is 8.98. The molecule has 0 aromatic heterocycles. The Labute approximate surface area is 148 Å². The number of hydrogen-bond acceptors (Lipinski definition) is 3. The van der Waals surface area contributed by atoms with Crippen LogP contribution in [0.3, 0.4) is 0 Å². The number of benzene rings is 1. The smallest absolute Gasteiger partial charge is 0.163 e. The van der Waals surface area contributed by atoms with Crippen LogP contribution in [0, 0.1) is 17.0 Å². The van der Waals surface area contributed by atoms with Gasteiger partial charge in [0.1, 0.15) is 0 Å². The second-order valence-corrected chi connectivity index (χ2v) is 8.39. The molecule has 2 nitrogen and oxygen atoms in total. The van der Waals surface area contributed by atoms with Gasteiger partial charge in [-0.3, -0.25) is 4.90 Å². The fourth-order valence-corrected chi connectivity index (χ4v) is 4.76. The number of nitrogens with zero attached hydrogens (tertiary/aromatic N) is 2. The third-order valence-corrected chi connectivity index (χ3v) is 6.20. The molecule has 1 atom stereocenters. The van der Waals surface area contributed by atoms with Gasteiger partial charge in [-0.1, -0.05) is 12.1 Å². The molecule has 1 aromatic rings. The summed E-state index contributed by atoms with van der Waals surface area (Å²) in [5, 5.41) is 0. The molecule has 2 fully saturated rings. The molecule has 0 amide bonds. The van der Waals surface area contributed by atoms with E-state index in [0.29, 0.717) is 17.5 Å². The van der Waals surface area contributed by atoms with Crippen LogP contribution in [0.1, 0.15) is 31.2 Å². The quantitative estimate of drug-likeness (QED) is 0.713. The number of halogens is 2. The highest BCUT2D eigenvalue weighted by atomic mass is 32.2. The maximum Gasteiger partial charge on any atom is 0.163 e. The molecule has 5 heteroatoms. The summed E-state index contributed by atoms with van der Waals surface area (Å²) in [6.07, 6.45) is 7.10. The van der Waals surface area contributed by atoms with E-state index in [4.69, 9.17) is 0 Å². The van der Waals surface area contributed by atoms with Crippen molar-refractivity contribution in [3.63, 3.8) is 0 Å². The zero-order valence-electron chi connectivity index (χ0n) is 14.6. The highest BCUT2D eigenvalue weighted by Gasteiger charge is 2.41. The van der Waals surface area contributed by atoms with Gasteiger partial charge in [-0.15, -0.1) is 0 Å². The van der Waals surface area contributed by atoms with Crippen molar-refractivity contribution in [2.45, 2.75) is 32.2 Å². The molecule has 2 aliphatic rings. The van der Waals surface area contributed by atoms with Crippen LogP contribution in [-0.2, 0) is 6.54 Å². The molecule has 0 radical (unpaired) electrons. The second kappa shape index (κ2) is 8.15. The normalized spacial score (nSPS) is 25.6. The molecule has 0 bridgehead atoms. The first-order chi connectivity index (χ1) is 11.6. The first kappa shape index (κ1) is 18.2. The Morgan fingerprint density at radius 1 is 1.12 bits per heavy atom. The Balaban J connectivity index is 1.57. The minimum Gasteiger partial charge on any atom is -0.303 e. The molecule has 2 heterocycles. The number of rotatable bonds is 6. The Morgan fingerprint density at radius 3 is 2.79 bits per heavy atom. The molecular formula is C19H28F2N2S. The molecule has 0 unspecified atom stereocenters. The van der Waals surface area contributed by atoms with Gasteiger partial charge in [0.15, 0.2) is 11.6 Å². The molecular weight excluding hydrogens is 326 g/mol. The summed E-state index contributed by atoms with van der Waals surface area (Å²) in [5.74, 6) is -0.184. The number of thioether (sulfide) groups is 1. The van der Waals surface area contributed by atoms with E-state index >= 15 is 0 Å². The van der Waals surface area contributed by atoms with Crippen molar-refractivity contribution in [1.29, 1.82) is 0 Å². The molecule has 1 aromatic carbocycles. The monoisotopic (exact) mass is 354 g/mol. The Hall–Kier alpha value is -0.650. The third-order valence-electron chi connectivity index (χ3n) is 5.51. The van der Waals surface area contributed by atoms with Crippen LogP contribution in [-0.4, -0.2) is 54.5 Å². The zero-order chi connectivity index (χ0) is 17.0. The lowest BCUT2D eigenvalue weighted by Gasteiger charge is -2.40. The molecule has 24 heavy (non-hydrogen) atoms. The molecule has 1 spiro atoms. The van der Waals surface area contributed by atoms with E-state index in [1.807, 2.05) is 11.8 Å². The van der Waals surface area contributed by atoms with Crippen molar-refractivity contribution < 1.29 is 8.78 Å². The highest BCUT2D eigenvalue weighted by molar-refractivity contribution is 7.98. The van der Waals surface area contributed by atoms with Crippen molar-refractivity contribution in [2.24, 2.45) is 5.41 Å². The van der Waals surface area contributed by atoms with E-state index in [2.05, 4.69) is 16.1 Å². The lowest BCUT2D eigenvalue weighted by Crippen LogP contribution is -2.44. The van der Waals surface area contributed by atoms with Crippen LogP contribution in [0.4, 0.5) is 8.78 Å². The summed E-state index contributed by atoms with van der Waals surface area (Å²) >= 11 is 1.92. The van der Waals surface area contributed by atoms with Crippen molar-refractivity contribution in [2.75, 3.05) is 44.7 Å². The SMILES string of the molecule is CSCCCN1CC[C@]2(CCCN(Cc3cccc(F)c3F)C2)C1. The lowest BCUT2D eigenvalue weighted by atomic mass is 9.79. The van der Waals surface area contributed by atoms with Gasteiger partial charge in [-0.05, 0) is 68.8 Å². The first-order valence-corrected chi connectivity index (χ1v) is 10.4. The Kier molecular flexibility index (Phi) is 6.17. The molecule has 0 N–H and O–H groups in total. The topological polar surface area (TPSA) is 6.48 Å². The van der Waals surface area contributed by atoms with Gasteiger partial charge >= 0.3 is 0 Å². The third kappa shape index (κ3) is 4.30. The van der Waals surface area contributed by atoms with Gasteiger partial charge in [0.2, 0.25) is 0 Å². The minimum atomic E-state index is -0.736. The van der Waals surface area contributed by atoms with E-state index < -0.39 is 11.6 Å². The van der Waals surface area contributed by atoms with E-state index in [9.17, 15) is 8.78 Å². The van der Waals surface area contributed by atoms with Gasteiger partial charge in [0.25, 0.3) is 0 Å². The van der Waals surface area contributed by atoms with Crippen molar-refractivity contribution >= 4 is 11.8 Å². The van der Waals surface area contributed by atoms with Crippen molar-refractivity contribution in [3.8, 4) is 0 Å². The molecule has 3 rings (SSSR count). The van der Waals surface area contributed by atoms with Gasteiger partial charge in [-0.25, -0.2) is 8.78 Å². The summed E-state index contributed by atoms with van der Waals surface area (Å²) < 4.78 is 27.4. The van der Waals surface area contributed by atoms with E-state index in [1.165, 1.54) is 50.7 Å². The average molecular weight is 355 g/mol. The van der Waals surface area contributed by atoms with Crippen LogP contribution < -0.4 is 0 Å². The maximum atomic E-state index is 13.9. The van der Waals surface area contributed by atoms with Crippen molar-refractivity contribution in [3.05, 3.63) is 35.4 Å². The van der Waals surface area contributed by atoms with Crippen LogP contribution >= 0.6 is 11.8 Å². The Morgan fingerprint density at radius 2 is 1.96 bits per heavy atom. The lowest BCUT2D eigenvalue weighted by molar-refractivity contribution is 0.0865. The fourth-order valence-electron chi connectivity index (χ4n) is 4.34. The van der Waals surface area contributed by atoms with Crippen LogP contribution in [0.25, 0.3) is 0 Å². The predicted molar refractivity (Wildman–Crippen MR) is 97.4 cm³/mol. The molecule has 0 saturated carbocycles. The molecule has 2 aliphatic heterocycles. The fraction of sp³-hybridized carbons (Fsp3) is 0.684. The summed E-state index contributed by atoms with van der Waals surface area (Å²) in [5.41, 5.74) is 0.850. The van der Waals surface area contributed by atoms with E-state index in [0.717, 1.165) is 19.5 Å². The summed E-state index contributed by atoms with van der Waals surface area (Å²) in [7, 11) is 0. The predicted octanol–water partition coefficient (Wildman–Crippen LogP) is 4.01. The van der Waals surface area contributed by atoms with Gasteiger partial charge in [0, 0.05) is 25.2 Å². The van der Waals surface area contributed by atoms with Crippen molar-refractivity contribution in [1.82, 2.24) is 9.80 Å². The Bertz CT molecular complexity index is 554. The summed E-state index contributed by atoms with van der Waals surface area (Å²) in [6, 6.07) is 4.51. The largest absolute Gasteiger partial charge is 0.303 e. The average Bonchev–Trinajstić information content (AvgIpc) is 2.94. The molecule has 0 aliphatic carbocycles. The van der Waals surface area contributed by atoms with E-state index in [1.54, 1.807) is 12.1 Å². The highest BCUT2D eigenvalue weighted by Crippen LogP contribution is 2.39. The number of hydrogen-bond donors (Lipinski definition) is 0. The summed E-state index contributed by atoms with van der Waals surface area (Å²) in [6.45, 7) is 6.09. The molecule has 2 saturated heterocycles. The molecule has 134 valence electrons. The standard InChI is InChI=1S/C19H28F2N2S/c1-24-12-4-10-22-11-8-19(14-22)7-3-9-23(15-19)13-16-5-2-6-17(20)18(16)21/h2,5-6H,3-4,7-15H2,1H3/t19-/m1/s1. The summed E-state index contributed by atoms with van der Waals surface area (Å²) in [4.78, 5) is 4.93. The minimum absolute atomic E-state index is 0.363. The van der Waals surface area contributed by atoms with Crippen LogP contribution in [0.15, 0.2) is 18.2 Å². The zero-order valence-corrected chi connectivity index (χ0v) is 15.4. The van der Waals surface area contributed by atoms with E-state index in [-0.39, 0.29) is 0 Å². The van der Waals surface area contributed by atoms with Gasteiger partial charge < -0.3 is 4.90 Å².